The lowest BCUT2D eigenvalue weighted by atomic mass is 10.1. The maximum absolute atomic E-state index is 12.9. The van der Waals surface area contributed by atoms with Gasteiger partial charge in [0.15, 0.2) is 0 Å². The highest BCUT2D eigenvalue weighted by molar-refractivity contribution is 5.81. The molecule has 2 amide bonds. The van der Waals surface area contributed by atoms with E-state index in [0.717, 1.165) is 12.1 Å². The van der Waals surface area contributed by atoms with Crippen molar-refractivity contribution < 1.29 is 27.5 Å². The summed E-state index contributed by atoms with van der Waals surface area (Å²) in [4.78, 5) is 23.2. The van der Waals surface area contributed by atoms with Crippen molar-refractivity contribution in [2.45, 2.75) is 33.4 Å². The molecule has 146 valence electrons. The van der Waals surface area contributed by atoms with Crippen molar-refractivity contribution in [1.29, 1.82) is 0 Å². The van der Waals surface area contributed by atoms with Gasteiger partial charge in [-0.15, -0.1) is 0 Å². The molecule has 0 bridgehead atoms. The van der Waals surface area contributed by atoms with Gasteiger partial charge in [0.05, 0.1) is 30.0 Å². The zero-order valence-electron chi connectivity index (χ0n) is 15.0. The molecule has 1 aromatic carbocycles. The molecule has 0 atom stereocenters. The van der Waals surface area contributed by atoms with E-state index in [1.165, 1.54) is 16.8 Å². The molecule has 0 saturated carbocycles. The number of halogens is 3. The standard InChI is InChI=1S/C17H19F3N4O3/c1-4-27-16(26)22-21-15(25)9-14-10(2)23-24(11(14)3)13-7-5-6-12(8-13)17(18,19)20/h5-8H,4,9H2,1-3H3,(H,21,25)(H,22,26). The summed E-state index contributed by atoms with van der Waals surface area (Å²) >= 11 is 0. The van der Waals surface area contributed by atoms with Crippen LogP contribution >= 0.6 is 0 Å². The third-order valence-electron chi connectivity index (χ3n) is 3.78. The quantitative estimate of drug-likeness (QED) is 0.794. The number of amides is 2. The molecule has 7 nitrogen and oxygen atoms in total. The van der Waals surface area contributed by atoms with E-state index in [0.29, 0.717) is 17.0 Å². The van der Waals surface area contributed by atoms with Gasteiger partial charge in [0, 0.05) is 11.3 Å². The first-order chi connectivity index (χ1) is 12.6. The number of aryl methyl sites for hydroxylation is 1. The van der Waals surface area contributed by atoms with Crippen LogP contribution in [0.15, 0.2) is 24.3 Å². The number of benzene rings is 1. The van der Waals surface area contributed by atoms with E-state index < -0.39 is 23.7 Å². The van der Waals surface area contributed by atoms with Gasteiger partial charge in [0.25, 0.3) is 0 Å². The van der Waals surface area contributed by atoms with Gasteiger partial charge in [-0.2, -0.15) is 18.3 Å². The molecule has 27 heavy (non-hydrogen) atoms. The first-order valence-corrected chi connectivity index (χ1v) is 8.07. The minimum atomic E-state index is -4.46. The number of aromatic nitrogens is 2. The predicted molar refractivity (Wildman–Crippen MR) is 90.0 cm³/mol. The Bertz CT molecular complexity index is 846. The van der Waals surface area contributed by atoms with E-state index >= 15 is 0 Å². The Kier molecular flexibility index (Phi) is 6.09. The van der Waals surface area contributed by atoms with Gasteiger partial charge in [-0.25, -0.2) is 14.9 Å². The SMILES string of the molecule is CCOC(=O)NNC(=O)Cc1c(C)nn(-c2cccc(C(F)(F)F)c2)c1C. The van der Waals surface area contributed by atoms with Crippen LogP contribution in [0.1, 0.15) is 29.4 Å². The van der Waals surface area contributed by atoms with Gasteiger partial charge in [0.1, 0.15) is 0 Å². The lowest BCUT2D eigenvalue weighted by molar-refractivity contribution is -0.137. The first-order valence-electron chi connectivity index (χ1n) is 8.07. The maximum Gasteiger partial charge on any atom is 0.426 e. The summed E-state index contributed by atoms with van der Waals surface area (Å²) in [5.41, 5.74) is 5.32. The molecule has 0 spiro atoms. The fraction of sp³-hybridized carbons (Fsp3) is 0.353. The monoisotopic (exact) mass is 384 g/mol. The number of alkyl halides is 3. The topological polar surface area (TPSA) is 85.2 Å². The number of carbonyl (C=O) groups is 2. The van der Waals surface area contributed by atoms with Crippen LogP contribution in [0.5, 0.6) is 0 Å². The molecule has 1 heterocycles. The predicted octanol–water partition coefficient (Wildman–Crippen LogP) is 2.83. The van der Waals surface area contributed by atoms with Crippen molar-refractivity contribution in [3.8, 4) is 5.69 Å². The Balaban J connectivity index is 2.20. The second-order valence-electron chi connectivity index (χ2n) is 5.68. The molecule has 0 saturated heterocycles. The number of ether oxygens (including phenoxy) is 1. The van der Waals surface area contributed by atoms with E-state index in [2.05, 4.69) is 20.7 Å². The smallest absolute Gasteiger partial charge is 0.426 e. The number of hydrazine groups is 1. The van der Waals surface area contributed by atoms with Crippen LogP contribution < -0.4 is 10.9 Å². The highest BCUT2D eigenvalue weighted by Crippen LogP contribution is 2.30. The van der Waals surface area contributed by atoms with Crippen molar-refractivity contribution >= 4 is 12.0 Å². The van der Waals surface area contributed by atoms with Gasteiger partial charge >= 0.3 is 12.3 Å². The van der Waals surface area contributed by atoms with Crippen LogP contribution in [0.3, 0.4) is 0 Å². The Labute approximate surface area is 153 Å². The normalized spacial score (nSPS) is 11.2. The molecule has 1 aromatic heterocycles. The van der Waals surface area contributed by atoms with Gasteiger partial charge in [0.2, 0.25) is 5.91 Å². The van der Waals surface area contributed by atoms with E-state index in [9.17, 15) is 22.8 Å². The average molecular weight is 384 g/mol. The van der Waals surface area contributed by atoms with Crippen LogP contribution in [0.4, 0.5) is 18.0 Å². The summed E-state index contributed by atoms with van der Waals surface area (Å²) in [6.45, 7) is 5.08. The lowest BCUT2D eigenvalue weighted by Crippen LogP contribution is -2.42. The molecule has 0 unspecified atom stereocenters. The molecule has 0 radical (unpaired) electrons. The van der Waals surface area contributed by atoms with Gasteiger partial charge in [-0.05, 0) is 39.0 Å². The maximum atomic E-state index is 12.9. The van der Waals surface area contributed by atoms with Crippen molar-refractivity contribution in [3.63, 3.8) is 0 Å². The van der Waals surface area contributed by atoms with Crippen LogP contribution in [0, 0.1) is 13.8 Å². The summed E-state index contributed by atoms with van der Waals surface area (Å²) in [6, 6.07) is 4.77. The molecule has 2 rings (SSSR count). The average Bonchev–Trinajstić information content (AvgIpc) is 2.88. The number of hydrogen-bond acceptors (Lipinski definition) is 4. The molecule has 0 aliphatic heterocycles. The number of rotatable bonds is 4. The van der Waals surface area contributed by atoms with Crippen molar-refractivity contribution in [1.82, 2.24) is 20.6 Å². The minimum absolute atomic E-state index is 0.108. The molecule has 2 N–H and O–H groups in total. The highest BCUT2D eigenvalue weighted by atomic mass is 19.4. The van der Waals surface area contributed by atoms with Gasteiger partial charge < -0.3 is 4.74 Å². The van der Waals surface area contributed by atoms with Crippen LogP contribution in [-0.2, 0) is 22.1 Å². The van der Waals surface area contributed by atoms with E-state index in [4.69, 9.17) is 0 Å². The lowest BCUT2D eigenvalue weighted by Gasteiger charge is -2.10. The summed E-state index contributed by atoms with van der Waals surface area (Å²) in [7, 11) is 0. The summed E-state index contributed by atoms with van der Waals surface area (Å²) in [5.74, 6) is -0.516. The summed E-state index contributed by atoms with van der Waals surface area (Å²) in [6.07, 6.45) is -5.37. The molecular formula is C17H19F3N4O3. The Morgan fingerprint density at radius 3 is 2.56 bits per heavy atom. The van der Waals surface area contributed by atoms with Gasteiger partial charge in [-0.3, -0.25) is 10.2 Å². The fourth-order valence-corrected chi connectivity index (χ4v) is 2.49. The number of nitrogens with zero attached hydrogens (tertiary/aromatic N) is 2. The Morgan fingerprint density at radius 1 is 1.22 bits per heavy atom. The summed E-state index contributed by atoms with van der Waals surface area (Å²) in [5, 5.41) is 4.24. The van der Waals surface area contributed by atoms with E-state index in [1.807, 2.05) is 0 Å². The first kappa shape index (κ1) is 20.3. The second kappa shape index (κ2) is 8.11. The van der Waals surface area contributed by atoms with Crippen LogP contribution in [0.2, 0.25) is 0 Å². The fourth-order valence-electron chi connectivity index (χ4n) is 2.49. The van der Waals surface area contributed by atoms with Crippen molar-refractivity contribution in [2.24, 2.45) is 0 Å². The second-order valence-corrected chi connectivity index (χ2v) is 5.68. The largest absolute Gasteiger partial charge is 0.449 e. The minimum Gasteiger partial charge on any atom is -0.449 e. The number of carbonyl (C=O) groups excluding carboxylic acids is 2. The Morgan fingerprint density at radius 2 is 1.93 bits per heavy atom. The Hall–Kier alpha value is -3.04. The molecule has 0 fully saturated rings. The molecular weight excluding hydrogens is 365 g/mol. The zero-order valence-corrected chi connectivity index (χ0v) is 15.0. The van der Waals surface area contributed by atoms with Crippen molar-refractivity contribution in [3.05, 3.63) is 46.8 Å². The molecule has 2 aromatic rings. The number of hydrogen-bond donors (Lipinski definition) is 2. The number of nitrogens with one attached hydrogen (secondary N) is 2. The van der Waals surface area contributed by atoms with Crippen molar-refractivity contribution in [2.75, 3.05) is 6.61 Å². The third-order valence-corrected chi connectivity index (χ3v) is 3.78. The molecule has 0 aliphatic rings. The third kappa shape index (κ3) is 4.99. The zero-order chi connectivity index (χ0) is 20.2. The highest BCUT2D eigenvalue weighted by Gasteiger charge is 2.30. The van der Waals surface area contributed by atoms with E-state index in [1.54, 1.807) is 20.8 Å². The van der Waals surface area contributed by atoms with E-state index in [-0.39, 0.29) is 18.7 Å². The summed E-state index contributed by atoms with van der Waals surface area (Å²) < 4.78 is 44.7. The molecule has 0 aliphatic carbocycles. The van der Waals surface area contributed by atoms with Crippen LogP contribution in [0.25, 0.3) is 5.69 Å². The van der Waals surface area contributed by atoms with Crippen LogP contribution in [-0.4, -0.2) is 28.4 Å². The molecule has 10 heteroatoms. The van der Waals surface area contributed by atoms with Gasteiger partial charge in [-0.1, -0.05) is 6.07 Å².